The van der Waals surface area contributed by atoms with Gasteiger partial charge in [0, 0.05) is 24.1 Å². The van der Waals surface area contributed by atoms with Crippen molar-refractivity contribution >= 4 is 17.2 Å². The van der Waals surface area contributed by atoms with E-state index < -0.39 is 11.6 Å². The molecule has 2 nitrogen and oxygen atoms in total. The zero-order chi connectivity index (χ0) is 10.1. The van der Waals surface area contributed by atoms with Gasteiger partial charge < -0.3 is 9.78 Å². The van der Waals surface area contributed by atoms with E-state index in [1.54, 1.807) is 0 Å². The monoisotopic (exact) mass is 195 g/mol. The molecular weight excluding hydrogens is 188 g/mol. The van der Waals surface area contributed by atoms with E-state index in [-0.39, 0.29) is 11.9 Å². The van der Waals surface area contributed by atoms with Gasteiger partial charge in [-0.25, -0.2) is 8.78 Å². The molecule has 0 spiro atoms. The van der Waals surface area contributed by atoms with Crippen LogP contribution in [0.2, 0.25) is 0 Å². The van der Waals surface area contributed by atoms with Crippen LogP contribution in [0.15, 0.2) is 18.3 Å². The normalized spacial score (nSPS) is 10.7. The number of halogens is 2. The van der Waals surface area contributed by atoms with Gasteiger partial charge in [0.1, 0.15) is 17.9 Å². The van der Waals surface area contributed by atoms with Crippen LogP contribution in [0.3, 0.4) is 0 Å². The van der Waals surface area contributed by atoms with E-state index >= 15 is 0 Å². The minimum Gasteiger partial charge on any atom is -0.359 e. The summed E-state index contributed by atoms with van der Waals surface area (Å²) in [7, 11) is 0. The van der Waals surface area contributed by atoms with E-state index in [9.17, 15) is 13.6 Å². The molecule has 0 amide bonds. The number of nitrogens with one attached hydrogen (secondary N) is 1. The number of H-pyrrole nitrogens is 1. The molecule has 0 saturated heterocycles. The van der Waals surface area contributed by atoms with Crippen molar-refractivity contribution in [2.75, 3.05) is 0 Å². The lowest BCUT2D eigenvalue weighted by Crippen LogP contribution is -1.85. The molecule has 1 heterocycles. The second-order valence-electron chi connectivity index (χ2n) is 2.99. The summed E-state index contributed by atoms with van der Waals surface area (Å²) in [5.41, 5.74) is 0.844. The third-order valence-electron chi connectivity index (χ3n) is 2.09. The van der Waals surface area contributed by atoms with Crippen molar-refractivity contribution in [3.63, 3.8) is 0 Å². The molecule has 0 atom stereocenters. The first-order valence-electron chi connectivity index (χ1n) is 4.11. The molecular formula is C10H7F2NO. The second kappa shape index (κ2) is 3.21. The van der Waals surface area contributed by atoms with Crippen LogP contribution in [0, 0.1) is 11.6 Å². The van der Waals surface area contributed by atoms with E-state index in [4.69, 9.17) is 0 Å². The summed E-state index contributed by atoms with van der Waals surface area (Å²) in [4.78, 5) is 13.0. The van der Waals surface area contributed by atoms with Crippen molar-refractivity contribution in [3.05, 3.63) is 35.5 Å². The predicted octanol–water partition coefficient (Wildman–Crippen LogP) is 2.19. The number of carbonyl (C=O) groups excluding carboxylic acids is 1. The SMILES string of the molecule is O=CCc1c[nH]c2c(F)cc(F)cc12. The number of benzene rings is 1. The van der Waals surface area contributed by atoms with E-state index in [1.165, 1.54) is 12.3 Å². The molecule has 0 fully saturated rings. The van der Waals surface area contributed by atoms with Crippen LogP contribution in [-0.2, 0) is 11.2 Å². The third-order valence-corrected chi connectivity index (χ3v) is 2.09. The molecule has 0 aliphatic carbocycles. The van der Waals surface area contributed by atoms with Crippen molar-refractivity contribution in [3.8, 4) is 0 Å². The van der Waals surface area contributed by atoms with Crippen LogP contribution in [0.5, 0.6) is 0 Å². The van der Waals surface area contributed by atoms with Gasteiger partial charge in [-0.3, -0.25) is 0 Å². The summed E-state index contributed by atoms with van der Waals surface area (Å²) < 4.78 is 26.0. The molecule has 0 aliphatic rings. The van der Waals surface area contributed by atoms with Crippen LogP contribution < -0.4 is 0 Å². The Kier molecular flexibility index (Phi) is 2.04. The third kappa shape index (κ3) is 1.28. The predicted molar refractivity (Wildman–Crippen MR) is 48.0 cm³/mol. The van der Waals surface area contributed by atoms with Crippen molar-refractivity contribution in [1.82, 2.24) is 4.98 Å². The zero-order valence-corrected chi connectivity index (χ0v) is 7.18. The highest BCUT2D eigenvalue weighted by molar-refractivity contribution is 5.85. The van der Waals surface area contributed by atoms with Crippen LogP contribution in [0.25, 0.3) is 10.9 Å². The summed E-state index contributed by atoms with van der Waals surface area (Å²) in [5, 5.41) is 0.426. The maximum Gasteiger partial charge on any atom is 0.150 e. The maximum absolute atomic E-state index is 13.1. The van der Waals surface area contributed by atoms with E-state index in [2.05, 4.69) is 4.98 Å². The number of hydrogen-bond donors (Lipinski definition) is 1. The molecule has 0 bridgehead atoms. The fraction of sp³-hybridized carbons (Fsp3) is 0.100. The van der Waals surface area contributed by atoms with Gasteiger partial charge in [0.05, 0.1) is 5.52 Å². The number of aromatic amines is 1. The van der Waals surface area contributed by atoms with Crippen molar-refractivity contribution < 1.29 is 13.6 Å². The van der Waals surface area contributed by atoms with E-state index in [1.807, 2.05) is 0 Å². The number of hydrogen-bond acceptors (Lipinski definition) is 1. The quantitative estimate of drug-likeness (QED) is 0.732. The Labute approximate surface area is 78.5 Å². The summed E-state index contributed by atoms with van der Waals surface area (Å²) >= 11 is 0. The van der Waals surface area contributed by atoms with Crippen molar-refractivity contribution in [2.24, 2.45) is 0 Å². The smallest absolute Gasteiger partial charge is 0.150 e. The minimum absolute atomic E-state index is 0.156. The van der Waals surface area contributed by atoms with Crippen molar-refractivity contribution in [1.29, 1.82) is 0 Å². The lowest BCUT2D eigenvalue weighted by atomic mass is 10.1. The highest BCUT2D eigenvalue weighted by atomic mass is 19.1. The van der Waals surface area contributed by atoms with Crippen LogP contribution in [0.1, 0.15) is 5.56 Å². The van der Waals surface area contributed by atoms with Crippen molar-refractivity contribution in [2.45, 2.75) is 6.42 Å². The first-order chi connectivity index (χ1) is 6.72. The Balaban J connectivity index is 2.71. The van der Waals surface area contributed by atoms with Gasteiger partial charge in [0.25, 0.3) is 0 Å². The summed E-state index contributed by atoms with van der Waals surface area (Å²) in [5.74, 6) is -1.28. The fourth-order valence-corrected chi connectivity index (χ4v) is 1.47. The number of aldehydes is 1. The average molecular weight is 195 g/mol. The minimum atomic E-state index is -0.642. The molecule has 14 heavy (non-hydrogen) atoms. The van der Waals surface area contributed by atoms with Gasteiger partial charge >= 0.3 is 0 Å². The molecule has 0 radical (unpaired) electrons. The molecule has 1 aromatic heterocycles. The van der Waals surface area contributed by atoms with Gasteiger partial charge in [-0.15, -0.1) is 0 Å². The Morgan fingerprint density at radius 2 is 2.14 bits per heavy atom. The number of carbonyl (C=O) groups is 1. The molecule has 1 aromatic carbocycles. The van der Waals surface area contributed by atoms with Gasteiger partial charge in [-0.05, 0) is 11.6 Å². The van der Waals surface area contributed by atoms with Crippen LogP contribution >= 0.6 is 0 Å². The van der Waals surface area contributed by atoms with E-state index in [0.29, 0.717) is 17.2 Å². The highest BCUT2D eigenvalue weighted by Crippen LogP contribution is 2.22. The van der Waals surface area contributed by atoms with Gasteiger partial charge in [0.15, 0.2) is 0 Å². The van der Waals surface area contributed by atoms with Crippen LogP contribution in [0.4, 0.5) is 8.78 Å². The average Bonchev–Trinajstić information content (AvgIpc) is 2.49. The number of aromatic nitrogens is 1. The second-order valence-corrected chi connectivity index (χ2v) is 2.99. The molecule has 0 unspecified atom stereocenters. The zero-order valence-electron chi connectivity index (χ0n) is 7.18. The first-order valence-corrected chi connectivity index (χ1v) is 4.11. The van der Waals surface area contributed by atoms with Gasteiger partial charge in [-0.1, -0.05) is 0 Å². The Hall–Kier alpha value is -1.71. The molecule has 0 saturated carbocycles. The topological polar surface area (TPSA) is 32.9 Å². The number of fused-ring (bicyclic) bond motifs is 1. The van der Waals surface area contributed by atoms with E-state index in [0.717, 1.165) is 6.07 Å². The van der Waals surface area contributed by atoms with Crippen LogP contribution in [-0.4, -0.2) is 11.3 Å². The Morgan fingerprint density at radius 3 is 2.86 bits per heavy atom. The highest BCUT2D eigenvalue weighted by Gasteiger charge is 2.09. The molecule has 4 heteroatoms. The Morgan fingerprint density at radius 1 is 1.36 bits per heavy atom. The summed E-state index contributed by atoms with van der Waals surface area (Å²) in [6.07, 6.45) is 2.37. The summed E-state index contributed by atoms with van der Waals surface area (Å²) in [6, 6.07) is 2.03. The Bertz CT molecular complexity index is 490. The first kappa shape index (κ1) is 8.87. The molecule has 2 rings (SSSR count). The molecule has 0 aliphatic heterocycles. The lowest BCUT2D eigenvalue weighted by Gasteiger charge is -1.95. The lowest BCUT2D eigenvalue weighted by molar-refractivity contribution is -0.107. The fourth-order valence-electron chi connectivity index (χ4n) is 1.47. The molecule has 72 valence electrons. The molecule has 2 aromatic rings. The standard InChI is InChI=1S/C10H7F2NO/c11-7-3-8-6(1-2-14)5-13-10(8)9(12)4-7/h2-5,13H,1H2. The van der Waals surface area contributed by atoms with Gasteiger partial charge in [0.2, 0.25) is 0 Å². The number of rotatable bonds is 2. The summed E-state index contributed by atoms with van der Waals surface area (Å²) in [6.45, 7) is 0. The van der Waals surface area contributed by atoms with Gasteiger partial charge in [-0.2, -0.15) is 0 Å². The molecule has 1 N–H and O–H groups in total. The maximum atomic E-state index is 13.1. The largest absolute Gasteiger partial charge is 0.359 e.